The molecule has 0 spiro atoms. The molecule has 1 saturated carbocycles. The molecule has 1 aliphatic heterocycles. The van der Waals surface area contributed by atoms with E-state index in [9.17, 15) is 12.8 Å². The second-order valence-corrected chi connectivity index (χ2v) is 8.99. The molecule has 1 aromatic carbocycles. The van der Waals surface area contributed by atoms with Crippen LogP contribution in [0.25, 0.3) is 0 Å². The minimum Gasteiger partial charge on any atom is -0.370 e. The van der Waals surface area contributed by atoms with Crippen molar-refractivity contribution in [2.75, 3.05) is 43.9 Å². The maximum absolute atomic E-state index is 13.0. The Bertz CT molecular complexity index is 727. The van der Waals surface area contributed by atoms with Crippen molar-refractivity contribution in [3.8, 4) is 0 Å². The molecule has 0 amide bonds. The minimum absolute atomic E-state index is 0. The van der Waals surface area contributed by atoms with E-state index < -0.39 is 14.6 Å². The standard InChI is InChI=1S/C16H23FN4O2S.HI/c1-24(22,23)16(6-7-16)12-19-15(18)21-10-8-20(9-11-21)14-4-2-13(17)3-5-14;/h2-5H,6-12H2,1H3,(H2,18,19);1H. The topological polar surface area (TPSA) is 79.0 Å². The van der Waals surface area contributed by atoms with E-state index in [2.05, 4.69) is 9.89 Å². The highest BCUT2D eigenvalue weighted by Gasteiger charge is 2.52. The lowest BCUT2D eigenvalue weighted by atomic mass is 10.2. The molecule has 1 aromatic rings. The highest BCUT2D eigenvalue weighted by Crippen LogP contribution is 2.43. The van der Waals surface area contributed by atoms with Crippen LogP contribution >= 0.6 is 24.0 Å². The first-order chi connectivity index (χ1) is 11.3. The van der Waals surface area contributed by atoms with Gasteiger partial charge in [0.25, 0.3) is 0 Å². The van der Waals surface area contributed by atoms with E-state index in [1.54, 1.807) is 12.1 Å². The fourth-order valence-corrected chi connectivity index (χ4v) is 4.10. The number of aliphatic imine (C=N–C) groups is 1. The second kappa shape index (κ2) is 7.65. The fraction of sp³-hybridized carbons (Fsp3) is 0.562. The van der Waals surface area contributed by atoms with Crippen molar-refractivity contribution in [3.63, 3.8) is 0 Å². The van der Waals surface area contributed by atoms with Gasteiger partial charge in [0.2, 0.25) is 0 Å². The zero-order valence-corrected chi connectivity index (χ0v) is 17.3. The average Bonchev–Trinajstić information content (AvgIpc) is 3.35. The smallest absolute Gasteiger partial charge is 0.191 e. The Morgan fingerprint density at radius 2 is 1.76 bits per heavy atom. The molecule has 0 aromatic heterocycles. The van der Waals surface area contributed by atoms with Crippen LogP contribution in [0.3, 0.4) is 0 Å². The molecule has 6 nitrogen and oxygen atoms in total. The van der Waals surface area contributed by atoms with Gasteiger partial charge in [-0.25, -0.2) is 12.8 Å². The monoisotopic (exact) mass is 482 g/mol. The van der Waals surface area contributed by atoms with Gasteiger partial charge in [-0.1, -0.05) is 0 Å². The Hall–Kier alpha value is -1.10. The van der Waals surface area contributed by atoms with Gasteiger partial charge in [-0.15, -0.1) is 24.0 Å². The highest BCUT2D eigenvalue weighted by molar-refractivity contribution is 14.0. The zero-order valence-electron chi connectivity index (χ0n) is 14.2. The van der Waals surface area contributed by atoms with Crippen LogP contribution in [-0.2, 0) is 9.84 Å². The van der Waals surface area contributed by atoms with Crippen molar-refractivity contribution >= 4 is 45.5 Å². The van der Waals surface area contributed by atoms with Crippen molar-refractivity contribution in [2.24, 2.45) is 10.7 Å². The second-order valence-electron chi connectivity index (χ2n) is 6.58. The van der Waals surface area contributed by atoms with E-state index in [1.165, 1.54) is 18.4 Å². The SMILES string of the molecule is CS(=O)(=O)C1(CN=C(N)N2CCN(c3ccc(F)cc3)CC2)CC1.I. The number of anilines is 1. The summed E-state index contributed by atoms with van der Waals surface area (Å²) in [5.41, 5.74) is 7.03. The van der Waals surface area contributed by atoms with Crippen molar-refractivity contribution in [2.45, 2.75) is 17.6 Å². The predicted molar refractivity (Wildman–Crippen MR) is 109 cm³/mol. The Balaban J connectivity index is 0.00000225. The summed E-state index contributed by atoms with van der Waals surface area (Å²) in [5, 5.41) is 0. The van der Waals surface area contributed by atoms with Crippen LogP contribution in [0.2, 0.25) is 0 Å². The molecule has 1 heterocycles. The van der Waals surface area contributed by atoms with Gasteiger partial charge in [-0.2, -0.15) is 0 Å². The van der Waals surface area contributed by atoms with E-state index in [0.29, 0.717) is 31.9 Å². The van der Waals surface area contributed by atoms with Gasteiger partial charge >= 0.3 is 0 Å². The summed E-state index contributed by atoms with van der Waals surface area (Å²) in [4.78, 5) is 8.47. The van der Waals surface area contributed by atoms with Crippen LogP contribution < -0.4 is 10.6 Å². The van der Waals surface area contributed by atoms with Gasteiger partial charge in [-0.05, 0) is 37.1 Å². The molecule has 0 radical (unpaired) electrons. The quantitative estimate of drug-likeness (QED) is 0.400. The molecule has 9 heteroatoms. The summed E-state index contributed by atoms with van der Waals surface area (Å²) in [7, 11) is -3.09. The molecule has 140 valence electrons. The zero-order chi connectivity index (χ0) is 17.4. The largest absolute Gasteiger partial charge is 0.370 e. The molecule has 1 aliphatic carbocycles. The first kappa shape index (κ1) is 20.2. The summed E-state index contributed by atoms with van der Waals surface area (Å²) < 4.78 is 35.8. The number of sulfone groups is 1. The van der Waals surface area contributed by atoms with Crippen molar-refractivity contribution < 1.29 is 12.8 Å². The third kappa shape index (κ3) is 4.55. The van der Waals surface area contributed by atoms with Crippen LogP contribution in [0.1, 0.15) is 12.8 Å². The Kier molecular flexibility index (Phi) is 6.18. The average molecular weight is 482 g/mol. The molecular formula is C16H24FIN4O2S. The van der Waals surface area contributed by atoms with Gasteiger partial charge in [0.15, 0.2) is 15.8 Å². The number of guanidine groups is 1. The van der Waals surface area contributed by atoms with Crippen LogP contribution in [0.15, 0.2) is 29.3 Å². The lowest BCUT2D eigenvalue weighted by Crippen LogP contribution is -2.51. The molecule has 3 rings (SSSR count). The third-order valence-electron chi connectivity index (χ3n) is 4.92. The molecule has 1 saturated heterocycles. The lowest BCUT2D eigenvalue weighted by molar-refractivity contribution is 0.380. The number of benzene rings is 1. The maximum Gasteiger partial charge on any atom is 0.191 e. The molecule has 0 unspecified atom stereocenters. The van der Waals surface area contributed by atoms with Crippen LogP contribution in [0.4, 0.5) is 10.1 Å². The molecule has 0 bridgehead atoms. The number of rotatable bonds is 4. The number of nitrogens with two attached hydrogens (primary N) is 1. The fourth-order valence-electron chi connectivity index (χ4n) is 2.96. The van der Waals surface area contributed by atoms with Crippen LogP contribution in [-0.4, -0.2) is 63.0 Å². The van der Waals surface area contributed by atoms with E-state index in [-0.39, 0.29) is 36.3 Å². The minimum atomic E-state index is -3.09. The van der Waals surface area contributed by atoms with Crippen LogP contribution in [0, 0.1) is 5.82 Å². The van der Waals surface area contributed by atoms with Gasteiger partial charge in [-0.3, -0.25) is 4.99 Å². The Labute approximate surface area is 165 Å². The van der Waals surface area contributed by atoms with Crippen molar-refractivity contribution in [1.82, 2.24) is 4.90 Å². The van der Waals surface area contributed by atoms with Gasteiger partial charge < -0.3 is 15.5 Å². The summed E-state index contributed by atoms with van der Waals surface area (Å²) in [6.07, 6.45) is 2.61. The van der Waals surface area contributed by atoms with Crippen LogP contribution in [0.5, 0.6) is 0 Å². The maximum atomic E-state index is 13.0. The van der Waals surface area contributed by atoms with E-state index >= 15 is 0 Å². The van der Waals surface area contributed by atoms with Gasteiger partial charge in [0, 0.05) is 38.1 Å². The van der Waals surface area contributed by atoms with E-state index in [4.69, 9.17) is 5.73 Å². The first-order valence-electron chi connectivity index (χ1n) is 8.06. The number of piperazine rings is 1. The van der Waals surface area contributed by atoms with Gasteiger partial charge in [0.05, 0.1) is 11.3 Å². The summed E-state index contributed by atoms with van der Waals surface area (Å²) in [6, 6.07) is 6.45. The molecule has 0 atom stereocenters. The van der Waals surface area contributed by atoms with Crippen molar-refractivity contribution in [3.05, 3.63) is 30.1 Å². The number of nitrogens with zero attached hydrogens (tertiary/aromatic N) is 3. The number of hydrogen-bond donors (Lipinski definition) is 1. The summed E-state index contributed by atoms with van der Waals surface area (Å²) in [6.45, 7) is 3.19. The lowest BCUT2D eigenvalue weighted by Gasteiger charge is -2.36. The Morgan fingerprint density at radius 3 is 2.24 bits per heavy atom. The molecule has 2 N–H and O–H groups in total. The Morgan fingerprint density at radius 1 is 1.20 bits per heavy atom. The number of hydrogen-bond acceptors (Lipinski definition) is 4. The number of halogens is 2. The molecule has 2 aliphatic rings. The summed E-state index contributed by atoms with van der Waals surface area (Å²) in [5.74, 6) is 0.164. The van der Waals surface area contributed by atoms with E-state index in [0.717, 1.165) is 18.8 Å². The van der Waals surface area contributed by atoms with Gasteiger partial charge in [0.1, 0.15) is 5.82 Å². The molecule has 25 heavy (non-hydrogen) atoms. The van der Waals surface area contributed by atoms with E-state index in [1.807, 2.05) is 4.90 Å². The third-order valence-corrected chi connectivity index (χ3v) is 7.03. The molecular weight excluding hydrogens is 458 g/mol. The predicted octanol–water partition coefficient (Wildman–Crippen LogP) is 1.46. The van der Waals surface area contributed by atoms with Crippen molar-refractivity contribution in [1.29, 1.82) is 0 Å². The normalized spacial score (nSPS) is 20.2. The first-order valence-corrected chi connectivity index (χ1v) is 9.95. The highest BCUT2D eigenvalue weighted by atomic mass is 127. The summed E-state index contributed by atoms with van der Waals surface area (Å²) >= 11 is 0. The molecule has 2 fully saturated rings.